The average molecular weight is 336 g/mol. The maximum atomic E-state index is 12.1. The molecule has 0 amide bonds. The first-order valence-electron chi connectivity index (χ1n) is 6.83. The van der Waals surface area contributed by atoms with Crippen LogP contribution in [0, 0.1) is 17.0 Å². The third-order valence-electron chi connectivity index (χ3n) is 3.09. The van der Waals surface area contributed by atoms with Crippen LogP contribution in [0.15, 0.2) is 53.4 Å². The zero-order valence-electron chi connectivity index (χ0n) is 12.4. The van der Waals surface area contributed by atoms with Gasteiger partial charge in [-0.15, -0.1) is 0 Å². The van der Waals surface area contributed by atoms with E-state index < -0.39 is 14.9 Å². The number of aryl methyl sites for hydroxylation is 1. The fourth-order valence-corrected chi connectivity index (χ4v) is 2.93. The molecule has 0 fully saturated rings. The molecular weight excluding hydrogens is 320 g/mol. The van der Waals surface area contributed by atoms with Gasteiger partial charge in [0.1, 0.15) is 12.4 Å². The van der Waals surface area contributed by atoms with Crippen LogP contribution in [0.25, 0.3) is 0 Å². The number of benzene rings is 2. The van der Waals surface area contributed by atoms with Gasteiger partial charge in [0.2, 0.25) is 10.0 Å². The summed E-state index contributed by atoms with van der Waals surface area (Å²) in [6.07, 6.45) is 0. The van der Waals surface area contributed by atoms with Gasteiger partial charge in [-0.1, -0.05) is 24.3 Å². The van der Waals surface area contributed by atoms with E-state index in [4.69, 9.17) is 4.74 Å². The van der Waals surface area contributed by atoms with Crippen LogP contribution in [-0.2, 0) is 10.0 Å². The Labute approximate surface area is 134 Å². The Morgan fingerprint density at radius 2 is 1.87 bits per heavy atom. The Morgan fingerprint density at radius 1 is 1.17 bits per heavy atom. The van der Waals surface area contributed by atoms with E-state index in [2.05, 4.69) is 4.72 Å². The quantitative estimate of drug-likeness (QED) is 0.475. The molecule has 2 rings (SSSR count). The van der Waals surface area contributed by atoms with Crippen molar-refractivity contribution in [3.8, 4) is 5.75 Å². The minimum Gasteiger partial charge on any atom is -0.492 e. The molecule has 0 saturated heterocycles. The lowest BCUT2D eigenvalue weighted by atomic mass is 10.2. The number of hydrogen-bond donors (Lipinski definition) is 1. The molecule has 0 aromatic heterocycles. The number of sulfonamides is 1. The van der Waals surface area contributed by atoms with Gasteiger partial charge in [-0.25, -0.2) is 13.1 Å². The largest absolute Gasteiger partial charge is 0.492 e. The number of nitro benzene ring substituents is 1. The molecule has 2 aromatic rings. The molecule has 0 aliphatic heterocycles. The van der Waals surface area contributed by atoms with Gasteiger partial charge in [0.05, 0.1) is 9.82 Å². The molecule has 0 bridgehead atoms. The summed E-state index contributed by atoms with van der Waals surface area (Å²) in [4.78, 5) is 10.1. The van der Waals surface area contributed by atoms with E-state index in [1.165, 1.54) is 12.1 Å². The van der Waals surface area contributed by atoms with E-state index in [9.17, 15) is 18.5 Å². The summed E-state index contributed by atoms with van der Waals surface area (Å²) in [5.74, 6) is 0.637. The van der Waals surface area contributed by atoms with E-state index in [1.807, 2.05) is 18.2 Å². The fraction of sp³-hybridized carbons (Fsp3) is 0.200. The molecule has 122 valence electrons. The van der Waals surface area contributed by atoms with Crippen molar-refractivity contribution in [2.45, 2.75) is 11.8 Å². The van der Waals surface area contributed by atoms with Crippen LogP contribution in [0.2, 0.25) is 0 Å². The number of para-hydroxylation sites is 1. The van der Waals surface area contributed by atoms with Gasteiger partial charge in [0.25, 0.3) is 5.69 Å². The number of nitrogens with one attached hydrogen (secondary N) is 1. The molecule has 23 heavy (non-hydrogen) atoms. The Kier molecular flexibility index (Phi) is 5.30. The molecule has 0 radical (unpaired) electrons. The van der Waals surface area contributed by atoms with Crippen LogP contribution in [0.4, 0.5) is 5.69 Å². The lowest BCUT2D eigenvalue weighted by Crippen LogP contribution is -2.28. The first-order valence-corrected chi connectivity index (χ1v) is 8.31. The molecule has 0 aliphatic rings. The summed E-state index contributed by atoms with van der Waals surface area (Å²) in [6, 6.07) is 12.8. The molecule has 0 saturated carbocycles. The number of ether oxygens (including phenoxy) is 1. The average Bonchev–Trinajstić information content (AvgIpc) is 2.52. The van der Waals surface area contributed by atoms with Crippen molar-refractivity contribution in [2.75, 3.05) is 13.2 Å². The van der Waals surface area contributed by atoms with Crippen LogP contribution in [0.3, 0.4) is 0 Å². The highest BCUT2D eigenvalue weighted by Gasteiger charge is 2.19. The van der Waals surface area contributed by atoms with E-state index in [0.29, 0.717) is 11.3 Å². The second-order valence-electron chi connectivity index (χ2n) is 4.76. The van der Waals surface area contributed by atoms with Gasteiger partial charge in [-0.3, -0.25) is 10.1 Å². The lowest BCUT2D eigenvalue weighted by molar-refractivity contribution is -0.385. The Hall–Kier alpha value is -2.45. The number of hydrogen-bond acceptors (Lipinski definition) is 5. The van der Waals surface area contributed by atoms with Gasteiger partial charge in [-0.05, 0) is 25.1 Å². The molecule has 0 atom stereocenters. The molecule has 1 N–H and O–H groups in total. The van der Waals surface area contributed by atoms with Gasteiger partial charge in [0.15, 0.2) is 0 Å². The van der Waals surface area contributed by atoms with E-state index in [0.717, 1.165) is 6.07 Å². The fourth-order valence-electron chi connectivity index (χ4n) is 1.90. The lowest BCUT2D eigenvalue weighted by Gasteiger charge is -2.09. The highest BCUT2D eigenvalue weighted by molar-refractivity contribution is 7.89. The van der Waals surface area contributed by atoms with Crippen LogP contribution in [-0.4, -0.2) is 26.5 Å². The van der Waals surface area contributed by atoms with Gasteiger partial charge >= 0.3 is 0 Å². The third-order valence-corrected chi connectivity index (χ3v) is 4.55. The van der Waals surface area contributed by atoms with Crippen molar-refractivity contribution in [1.82, 2.24) is 4.72 Å². The van der Waals surface area contributed by atoms with Crippen LogP contribution >= 0.6 is 0 Å². The Bertz CT molecular complexity index is 791. The molecule has 0 heterocycles. The van der Waals surface area contributed by atoms with E-state index in [-0.39, 0.29) is 23.7 Å². The maximum Gasteiger partial charge on any atom is 0.273 e. The summed E-state index contributed by atoms with van der Waals surface area (Å²) in [7, 11) is -3.82. The number of rotatable bonds is 7. The summed E-state index contributed by atoms with van der Waals surface area (Å²) >= 11 is 0. The molecule has 7 nitrogen and oxygen atoms in total. The monoisotopic (exact) mass is 336 g/mol. The second kappa shape index (κ2) is 7.21. The zero-order valence-corrected chi connectivity index (χ0v) is 13.2. The summed E-state index contributed by atoms with van der Waals surface area (Å²) < 4.78 is 32.0. The first-order chi connectivity index (χ1) is 10.9. The summed E-state index contributed by atoms with van der Waals surface area (Å²) in [5, 5.41) is 10.9. The highest BCUT2D eigenvalue weighted by Crippen LogP contribution is 2.21. The zero-order chi connectivity index (χ0) is 16.9. The number of nitro groups is 1. The van der Waals surface area contributed by atoms with E-state index in [1.54, 1.807) is 19.1 Å². The second-order valence-corrected chi connectivity index (χ2v) is 6.53. The van der Waals surface area contributed by atoms with Crippen LogP contribution < -0.4 is 9.46 Å². The van der Waals surface area contributed by atoms with Crippen molar-refractivity contribution in [1.29, 1.82) is 0 Å². The molecular formula is C15H16N2O5S. The normalized spacial score (nSPS) is 11.2. The predicted octanol–water partition coefficient (Wildman–Crippen LogP) is 2.26. The van der Waals surface area contributed by atoms with Gasteiger partial charge in [-0.2, -0.15) is 0 Å². The third kappa shape index (κ3) is 4.51. The van der Waals surface area contributed by atoms with Crippen molar-refractivity contribution in [2.24, 2.45) is 0 Å². The molecule has 2 aromatic carbocycles. The first kappa shape index (κ1) is 16.9. The Morgan fingerprint density at radius 3 is 2.52 bits per heavy atom. The minimum atomic E-state index is -3.82. The minimum absolute atomic E-state index is 0.0545. The standard InChI is InChI=1S/C15H16N2O5S/c1-12-7-8-14(11-15(12)17(18)19)23(20,21)16-9-10-22-13-5-3-2-4-6-13/h2-8,11,16H,9-10H2,1H3. The van der Waals surface area contributed by atoms with Crippen LogP contribution in [0.5, 0.6) is 5.75 Å². The molecule has 8 heteroatoms. The SMILES string of the molecule is Cc1ccc(S(=O)(=O)NCCOc2ccccc2)cc1[N+](=O)[O-]. The van der Waals surface area contributed by atoms with Crippen molar-refractivity contribution in [3.63, 3.8) is 0 Å². The van der Waals surface area contributed by atoms with Crippen LogP contribution in [0.1, 0.15) is 5.56 Å². The maximum absolute atomic E-state index is 12.1. The topological polar surface area (TPSA) is 98.5 Å². The summed E-state index contributed by atoms with van der Waals surface area (Å²) in [5.41, 5.74) is 0.176. The summed E-state index contributed by atoms with van der Waals surface area (Å²) in [6.45, 7) is 1.76. The van der Waals surface area contributed by atoms with Crippen molar-refractivity contribution < 1.29 is 18.1 Å². The van der Waals surface area contributed by atoms with Gasteiger partial charge < -0.3 is 4.74 Å². The Balaban J connectivity index is 1.99. The van der Waals surface area contributed by atoms with Crippen molar-refractivity contribution >= 4 is 15.7 Å². The molecule has 0 spiro atoms. The molecule has 0 unspecified atom stereocenters. The van der Waals surface area contributed by atoms with Gasteiger partial charge in [0, 0.05) is 18.2 Å². The van der Waals surface area contributed by atoms with Crippen molar-refractivity contribution in [3.05, 3.63) is 64.2 Å². The predicted molar refractivity (Wildman–Crippen MR) is 85.0 cm³/mol. The highest BCUT2D eigenvalue weighted by atomic mass is 32.2. The van der Waals surface area contributed by atoms with E-state index >= 15 is 0 Å². The smallest absolute Gasteiger partial charge is 0.273 e. The number of nitrogens with zero attached hydrogens (tertiary/aromatic N) is 1. The molecule has 0 aliphatic carbocycles.